The van der Waals surface area contributed by atoms with Crippen molar-refractivity contribution in [2.75, 3.05) is 12.8 Å². The van der Waals surface area contributed by atoms with Crippen LogP contribution in [0.5, 0.6) is 5.75 Å². The lowest BCUT2D eigenvalue weighted by molar-refractivity contribution is 0.0600. The molecule has 1 aliphatic rings. The van der Waals surface area contributed by atoms with Crippen LogP contribution in [0.25, 0.3) is 11.1 Å². The first kappa shape index (κ1) is 21.9. The molecule has 0 atom stereocenters. The number of esters is 1. The third-order valence-corrected chi connectivity index (χ3v) is 5.75. The zero-order chi connectivity index (χ0) is 22.7. The molecule has 0 aromatic heterocycles. The van der Waals surface area contributed by atoms with Crippen LogP contribution in [0.15, 0.2) is 60.7 Å². The van der Waals surface area contributed by atoms with Crippen LogP contribution in [-0.2, 0) is 11.3 Å². The molecular formula is C26H23ClFNO3. The second-order valence-corrected chi connectivity index (χ2v) is 8.14. The molecule has 3 aromatic rings. The second-order valence-electron chi connectivity index (χ2n) is 7.70. The fourth-order valence-corrected chi connectivity index (χ4v) is 4.20. The van der Waals surface area contributed by atoms with E-state index in [4.69, 9.17) is 26.8 Å². The normalized spacial score (nSPS) is 13.3. The van der Waals surface area contributed by atoms with Gasteiger partial charge in [0.05, 0.1) is 12.7 Å². The van der Waals surface area contributed by atoms with Crippen molar-refractivity contribution in [3.63, 3.8) is 0 Å². The number of hydrogen-bond acceptors (Lipinski definition) is 4. The molecule has 0 heterocycles. The van der Waals surface area contributed by atoms with Crippen molar-refractivity contribution in [2.45, 2.75) is 25.9 Å². The maximum absolute atomic E-state index is 13.2. The molecule has 0 bridgehead atoms. The molecule has 0 radical (unpaired) electrons. The summed E-state index contributed by atoms with van der Waals surface area (Å²) in [7, 11) is 1.35. The first-order valence-electron chi connectivity index (χ1n) is 10.3. The maximum Gasteiger partial charge on any atom is 0.337 e. The molecule has 32 heavy (non-hydrogen) atoms. The third kappa shape index (κ3) is 4.78. The lowest BCUT2D eigenvalue weighted by Gasteiger charge is -2.16. The van der Waals surface area contributed by atoms with Crippen molar-refractivity contribution in [3.05, 3.63) is 93.8 Å². The largest absolute Gasteiger partial charge is 0.488 e. The summed E-state index contributed by atoms with van der Waals surface area (Å²) in [6.45, 7) is 0.308. The summed E-state index contributed by atoms with van der Waals surface area (Å²) in [5.74, 6) is -0.00913. The SMILES string of the molecule is COC(=O)c1cc(N)cc(C2=C(c3cc(Cl)ccc3OCc3ccc(F)cc3)CCC2)c1. The van der Waals surface area contributed by atoms with E-state index in [1.807, 2.05) is 24.3 Å². The van der Waals surface area contributed by atoms with E-state index in [1.54, 1.807) is 24.3 Å². The number of anilines is 1. The van der Waals surface area contributed by atoms with E-state index in [0.717, 1.165) is 47.1 Å². The molecule has 6 heteroatoms. The van der Waals surface area contributed by atoms with E-state index in [2.05, 4.69) is 0 Å². The molecule has 0 amide bonds. The number of carbonyl (C=O) groups excluding carboxylic acids is 1. The standard InChI is InChI=1S/C26H23ClFNO3/c1-31-26(30)18-11-17(12-21(29)13-18)22-3-2-4-23(22)24-14-19(27)7-10-25(24)32-15-16-5-8-20(28)9-6-16/h5-14H,2-4,15,29H2,1H3. The Morgan fingerprint density at radius 1 is 1.03 bits per heavy atom. The van der Waals surface area contributed by atoms with Gasteiger partial charge in [0.25, 0.3) is 0 Å². The highest BCUT2D eigenvalue weighted by Crippen LogP contribution is 2.44. The number of nitrogen functional groups attached to an aromatic ring is 1. The molecule has 4 nitrogen and oxygen atoms in total. The van der Waals surface area contributed by atoms with Crippen molar-refractivity contribution in [2.24, 2.45) is 0 Å². The van der Waals surface area contributed by atoms with Gasteiger partial charge < -0.3 is 15.2 Å². The predicted octanol–water partition coefficient (Wildman–Crippen LogP) is 6.52. The Morgan fingerprint density at radius 3 is 2.53 bits per heavy atom. The summed E-state index contributed by atoms with van der Waals surface area (Å²) in [4.78, 5) is 12.1. The Labute approximate surface area is 191 Å². The van der Waals surface area contributed by atoms with Crippen LogP contribution in [0.1, 0.15) is 46.3 Å². The summed E-state index contributed by atoms with van der Waals surface area (Å²) in [6, 6.07) is 17.1. The van der Waals surface area contributed by atoms with Crippen LogP contribution in [0, 0.1) is 5.82 Å². The molecule has 164 valence electrons. The lowest BCUT2D eigenvalue weighted by Crippen LogP contribution is -2.03. The van der Waals surface area contributed by atoms with Gasteiger partial charge in [-0.3, -0.25) is 0 Å². The first-order chi connectivity index (χ1) is 15.4. The number of benzene rings is 3. The number of allylic oxidation sites excluding steroid dienone is 2. The maximum atomic E-state index is 13.2. The van der Waals surface area contributed by atoms with Crippen molar-refractivity contribution in [1.82, 2.24) is 0 Å². The predicted molar refractivity (Wildman–Crippen MR) is 125 cm³/mol. The van der Waals surface area contributed by atoms with Gasteiger partial charge in [-0.25, -0.2) is 9.18 Å². The molecule has 0 aliphatic heterocycles. The van der Waals surface area contributed by atoms with Gasteiger partial charge >= 0.3 is 5.97 Å². The molecule has 4 rings (SSSR count). The number of ether oxygens (including phenoxy) is 2. The van der Waals surface area contributed by atoms with Gasteiger partial charge in [0.1, 0.15) is 18.2 Å². The van der Waals surface area contributed by atoms with Crippen LogP contribution >= 0.6 is 11.6 Å². The summed E-state index contributed by atoms with van der Waals surface area (Å²) in [5, 5.41) is 0.607. The van der Waals surface area contributed by atoms with E-state index in [-0.39, 0.29) is 5.82 Å². The van der Waals surface area contributed by atoms with E-state index < -0.39 is 5.97 Å². The molecule has 2 N–H and O–H groups in total. The number of carbonyl (C=O) groups is 1. The highest BCUT2D eigenvalue weighted by Gasteiger charge is 2.22. The molecular weight excluding hydrogens is 429 g/mol. The van der Waals surface area contributed by atoms with Crippen LogP contribution < -0.4 is 10.5 Å². The number of rotatable bonds is 6. The van der Waals surface area contributed by atoms with Gasteiger partial charge in [0, 0.05) is 16.3 Å². The molecule has 0 saturated heterocycles. The van der Waals surface area contributed by atoms with Crippen LogP contribution in [0.4, 0.5) is 10.1 Å². The van der Waals surface area contributed by atoms with Gasteiger partial charge in [-0.15, -0.1) is 0 Å². The molecule has 3 aromatic carbocycles. The quantitative estimate of drug-likeness (QED) is 0.342. The summed E-state index contributed by atoms with van der Waals surface area (Å²) in [6.07, 6.45) is 2.67. The minimum Gasteiger partial charge on any atom is -0.488 e. The summed E-state index contributed by atoms with van der Waals surface area (Å²) in [5.41, 5.74) is 11.9. The van der Waals surface area contributed by atoms with Gasteiger partial charge in [-0.2, -0.15) is 0 Å². The Balaban J connectivity index is 1.72. The highest BCUT2D eigenvalue weighted by molar-refractivity contribution is 6.30. The minimum atomic E-state index is -0.426. The van der Waals surface area contributed by atoms with Crippen LogP contribution in [-0.4, -0.2) is 13.1 Å². The Kier molecular flexibility index (Phi) is 6.47. The fourth-order valence-electron chi connectivity index (χ4n) is 4.03. The second kappa shape index (κ2) is 9.45. The number of hydrogen-bond donors (Lipinski definition) is 1. The Morgan fingerprint density at radius 2 is 1.78 bits per heavy atom. The third-order valence-electron chi connectivity index (χ3n) is 5.52. The first-order valence-corrected chi connectivity index (χ1v) is 10.7. The van der Waals surface area contributed by atoms with Gasteiger partial charge in [0.2, 0.25) is 0 Å². The van der Waals surface area contributed by atoms with Crippen molar-refractivity contribution >= 4 is 34.4 Å². The van der Waals surface area contributed by atoms with Gasteiger partial charge in [0.15, 0.2) is 0 Å². The zero-order valence-corrected chi connectivity index (χ0v) is 18.4. The summed E-state index contributed by atoms with van der Waals surface area (Å²) < 4.78 is 24.2. The minimum absolute atomic E-state index is 0.282. The Hall–Kier alpha value is -3.31. The van der Waals surface area contributed by atoms with E-state index in [9.17, 15) is 9.18 Å². The fraction of sp³-hybridized carbons (Fsp3) is 0.192. The Bertz CT molecular complexity index is 1190. The zero-order valence-electron chi connectivity index (χ0n) is 17.7. The topological polar surface area (TPSA) is 61.5 Å². The van der Waals surface area contributed by atoms with Gasteiger partial charge in [-0.05, 0) is 90.1 Å². The smallest absolute Gasteiger partial charge is 0.337 e. The van der Waals surface area contributed by atoms with E-state index >= 15 is 0 Å². The summed E-state index contributed by atoms with van der Waals surface area (Å²) >= 11 is 6.33. The average molecular weight is 452 g/mol. The van der Waals surface area contributed by atoms with Crippen molar-refractivity contribution in [1.29, 1.82) is 0 Å². The number of methoxy groups -OCH3 is 1. The van der Waals surface area contributed by atoms with Gasteiger partial charge in [-0.1, -0.05) is 23.7 Å². The molecule has 0 fully saturated rings. The molecule has 0 saturated carbocycles. The van der Waals surface area contributed by atoms with E-state index in [1.165, 1.54) is 19.2 Å². The van der Waals surface area contributed by atoms with Crippen LogP contribution in [0.2, 0.25) is 5.02 Å². The molecule has 0 unspecified atom stereocenters. The van der Waals surface area contributed by atoms with E-state index in [0.29, 0.717) is 28.6 Å². The monoisotopic (exact) mass is 451 g/mol. The molecule has 1 aliphatic carbocycles. The number of halogens is 2. The van der Waals surface area contributed by atoms with Crippen molar-refractivity contribution < 1.29 is 18.7 Å². The lowest BCUT2D eigenvalue weighted by atomic mass is 9.95. The average Bonchev–Trinajstić information content (AvgIpc) is 3.28. The highest BCUT2D eigenvalue weighted by atomic mass is 35.5. The van der Waals surface area contributed by atoms with Crippen molar-refractivity contribution in [3.8, 4) is 5.75 Å². The van der Waals surface area contributed by atoms with Crippen LogP contribution in [0.3, 0.4) is 0 Å². The molecule has 0 spiro atoms. The number of nitrogens with two attached hydrogens (primary N) is 1.